The minimum atomic E-state index is -0.101. The number of hydrogen-bond acceptors (Lipinski definition) is 2. The fourth-order valence-corrected chi connectivity index (χ4v) is 2.05. The predicted octanol–water partition coefficient (Wildman–Crippen LogP) is 3.24. The van der Waals surface area contributed by atoms with E-state index in [1.54, 1.807) is 12.3 Å². The van der Waals surface area contributed by atoms with Crippen molar-refractivity contribution in [3.63, 3.8) is 0 Å². The van der Waals surface area contributed by atoms with Crippen LogP contribution in [-0.2, 0) is 24.1 Å². The second-order valence-corrected chi connectivity index (χ2v) is 4.29. The Hall–Kier alpha value is -2.45. The van der Waals surface area contributed by atoms with Crippen molar-refractivity contribution in [1.29, 1.82) is 0 Å². The summed E-state index contributed by atoms with van der Waals surface area (Å²) in [4.78, 5) is 18.4. The summed E-state index contributed by atoms with van der Waals surface area (Å²) in [7, 11) is 0. The molecule has 0 saturated heterocycles. The maximum absolute atomic E-state index is 11.5. The van der Waals surface area contributed by atoms with Gasteiger partial charge in [0, 0.05) is 25.7 Å². The van der Waals surface area contributed by atoms with Crippen LogP contribution in [0.1, 0.15) is 0 Å². The molecule has 5 heteroatoms. The van der Waals surface area contributed by atoms with E-state index in [-0.39, 0.29) is 25.0 Å². The third-order valence-electron chi connectivity index (χ3n) is 2.99. The van der Waals surface area contributed by atoms with Crippen LogP contribution in [0.25, 0.3) is 21.7 Å². The van der Waals surface area contributed by atoms with E-state index in [9.17, 15) is 4.79 Å². The fraction of sp³-hybridized carbons (Fsp3) is 0. The summed E-state index contributed by atoms with van der Waals surface area (Å²) < 4.78 is 7.50. The number of H-pyrrole nitrogens is 1. The van der Waals surface area contributed by atoms with Crippen LogP contribution < -0.4 is 5.56 Å². The van der Waals surface area contributed by atoms with Crippen molar-refractivity contribution in [1.82, 2.24) is 9.97 Å². The minimum Gasteiger partial charge on any atom is -0.214 e. The summed E-state index contributed by atoms with van der Waals surface area (Å²) >= 11 is 0. The summed E-state index contributed by atoms with van der Waals surface area (Å²) in [5.41, 5.74) is 0.720. The number of hydrogen-bond donors (Lipinski definition) is 1. The number of rotatable bonds is 0. The second-order valence-electron chi connectivity index (χ2n) is 4.29. The van der Waals surface area contributed by atoms with Gasteiger partial charge in [0.1, 0.15) is 0 Å². The Labute approximate surface area is 146 Å². The van der Waals surface area contributed by atoms with Gasteiger partial charge in [-0.2, -0.15) is 29.7 Å². The molecule has 116 valence electrons. The van der Waals surface area contributed by atoms with Crippen LogP contribution in [0.15, 0.2) is 71.8 Å². The van der Waals surface area contributed by atoms with Gasteiger partial charge in [-0.05, 0) is 11.6 Å². The molecule has 1 N–H and O–H groups in total. The average molecular weight is 389 g/mol. The van der Waals surface area contributed by atoms with Crippen LogP contribution in [0, 0.1) is 12.7 Å². The molecular weight excluding hydrogens is 377 g/mol. The third kappa shape index (κ3) is 4.51. The first-order valence-electron chi connectivity index (χ1n) is 6.50. The number of aromatic nitrogens is 2. The van der Waals surface area contributed by atoms with Gasteiger partial charge in [-0.1, -0.05) is 29.1 Å². The van der Waals surface area contributed by atoms with Gasteiger partial charge in [0.15, 0.2) is 5.56 Å². The van der Waals surface area contributed by atoms with Crippen molar-refractivity contribution >= 4 is 21.7 Å². The van der Waals surface area contributed by atoms with Crippen molar-refractivity contribution in [3.05, 3.63) is 90.1 Å². The molecule has 0 fully saturated rings. The smallest absolute Gasteiger partial charge is 0 e. The third-order valence-corrected chi connectivity index (χ3v) is 2.99. The zero-order valence-electron chi connectivity index (χ0n) is 12.0. The minimum absolute atomic E-state index is 0. The fourth-order valence-electron chi connectivity index (χ4n) is 2.05. The van der Waals surface area contributed by atoms with E-state index in [1.807, 2.05) is 48.5 Å². The molecule has 2 aromatic carbocycles. The normalized spacial score (nSPS) is 8.96. The number of nitrogens with zero attached hydrogens (tertiary/aromatic N) is 1. The van der Waals surface area contributed by atoms with Crippen molar-refractivity contribution in [3.8, 4) is 0 Å². The molecule has 4 aromatic rings. The van der Waals surface area contributed by atoms with E-state index < -0.39 is 0 Å². The molecule has 2 heterocycles. The summed E-state index contributed by atoms with van der Waals surface area (Å²) in [6, 6.07) is 20.6. The topological polar surface area (TPSA) is 65.7 Å². The summed E-state index contributed by atoms with van der Waals surface area (Å²) in [6.45, 7) is 4.50. The van der Waals surface area contributed by atoms with Crippen LogP contribution in [0.2, 0.25) is 0 Å². The van der Waals surface area contributed by atoms with E-state index in [1.165, 1.54) is 6.20 Å². The maximum atomic E-state index is 11.5. The molecule has 0 bridgehead atoms. The van der Waals surface area contributed by atoms with Crippen LogP contribution in [-0.4, -0.2) is 9.97 Å². The van der Waals surface area contributed by atoms with E-state index in [2.05, 4.69) is 22.7 Å². The van der Waals surface area contributed by atoms with Crippen LogP contribution >= 0.6 is 0 Å². The van der Waals surface area contributed by atoms with E-state index in [0.717, 1.165) is 16.3 Å². The molecule has 0 aliphatic carbocycles. The van der Waals surface area contributed by atoms with Crippen LogP contribution in [0.5, 0.6) is 0 Å². The van der Waals surface area contributed by atoms with Crippen LogP contribution in [0.4, 0.5) is 0 Å². The Kier molecular flexibility index (Phi) is 7.72. The molecule has 2 aromatic heterocycles. The molecule has 0 radical (unpaired) electrons. The molecule has 0 spiro atoms. The molecule has 0 saturated carbocycles. The summed E-state index contributed by atoms with van der Waals surface area (Å²) in [6.07, 6.45) is 3.25. The Morgan fingerprint density at radius 1 is 1.13 bits per heavy atom. The van der Waals surface area contributed by atoms with Gasteiger partial charge in [-0.15, -0.1) is 6.07 Å². The standard InChI is InChI=1S/C12H7N2O.C5H5.CO.Ru/c15-12-10-4-3-8-2-1-6-13-11(8)9(10)5-7-14-12;1-2-4-5-3-1;1-2;/h1-4,6-7H,(H,14,15);1-5H;;/q2*-1;;. The number of aromatic amines is 1. The Morgan fingerprint density at radius 3 is 2.52 bits per heavy atom. The number of nitrogens with one attached hydrogen (secondary N) is 1. The van der Waals surface area contributed by atoms with Gasteiger partial charge >= 0.3 is 11.3 Å². The van der Waals surface area contributed by atoms with Gasteiger partial charge in [0.05, 0.1) is 0 Å². The molecule has 0 amide bonds. The van der Waals surface area contributed by atoms with Gasteiger partial charge in [0.2, 0.25) is 0 Å². The van der Waals surface area contributed by atoms with E-state index in [0.29, 0.717) is 5.39 Å². The summed E-state index contributed by atoms with van der Waals surface area (Å²) in [5.74, 6) is 0. The molecule has 0 aliphatic heterocycles. The SMILES string of the molecule is O=c1[nH]c[c-]c2c1ccc1cccnc12.[C-]#[O+].[Ru].c1cc[cH-]c1. The molecular formula is C18H12N2O2Ru-2. The van der Waals surface area contributed by atoms with E-state index >= 15 is 0 Å². The molecule has 23 heavy (non-hydrogen) atoms. The Bertz CT molecular complexity index is 911. The van der Waals surface area contributed by atoms with Crippen molar-refractivity contribution in [2.45, 2.75) is 0 Å². The molecule has 4 rings (SSSR count). The van der Waals surface area contributed by atoms with Crippen LogP contribution in [0.3, 0.4) is 0 Å². The van der Waals surface area contributed by atoms with Crippen molar-refractivity contribution < 1.29 is 24.1 Å². The average Bonchev–Trinajstić information content (AvgIpc) is 3.17. The zero-order valence-corrected chi connectivity index (χ0v) is 13.7. The second kappa shape index (κ2) is 9.55. The molecule has 4 nitrogen and oxygen atoms in total. The number of benzene rings is 1. The number of pyridine rings is 2. The monoisotopic (exact) mass is 390 g/mol. The Morgan fingerprint density at radius 2 is 1.87 bits per heavy atom. The first-order valence-corrected chi connectivity index (χ1v) is 6.50. The molecule has 0 aliphatic rings. The predicted molar refractivity (Wildman–Crippen MR) is 84.7 cm³/mol. The zero-order chi connectivity index (χ0) is 15.8. The first-order chi connectivity index (χ1) is 10.9. The van der Waals surface area contributed by atoms with Gasteiger partial charge in [-0.3, -0.25) is 4.79 Å². The quantitative estimate of drug-likeness (QED) is 0.217. The number of fused-ring (bicyclic) bond motifs is 3. The first kappa shape index (κ1) is 18.6. The van der Waals surface area contributed by atoms with Gasteiger partial charge < -0.3 is 9.97 Å². The van der Waals surface area contributed by atoms with E-state index in [4.69, 9.17) is 4.65 Å². The van der Waals surface area contributed by atoms with Gasteiger partial charge in [0.25, 0.3) is 0 Å². The summed E-state index contributed by atoms with van der Waals surface area (Å²) in [5, 5.41) is 2.42. The van der Waals surface area contributed by atoms with Gasteiger partial charge in [-0.25, -0.2) is 12.1 Å². The maximum Gasteiger partial charge on any atom is 0 e. The molecule has 0 atom stereocenters. The molecule has 0 unspecified atom stereocenters. The van der Waals surface area contributed by atoms with Crippen molar-refractivity contribution in [2.24, 2.45) is 0 Å². The van der Waals surface area contributed by atoms with Crippen molar-refractivity contribution in [2.75, 3.05) is 0 Å². The Balaban J connectivity index is 0.000000282. The largest absolute Gasteiger partial charge is 0.214 e.